The molecule has 0 saturated carbocycles. The lowest BCUT2D eigenvalue weighted by molar-refractivity contribution is 0.00598. The Morgan fingerprint density at radius 1 is 1.41 bits per heavy atom. The van der Waals surface area contributed by atoms with Crippen LogP contribution >= 0.6 is 0 Å². The summed E-state index contributed by atoms with van der Waals surface area (Å²) in [6.07, 6.45) is 3.15. The number of carbonyl (C=O) groups excluding carboxylic acids is 1. The van der Waals surface area contributed by atoms with Gasteiger partial charge >= 0.3 is 6.09 Å². The van der Waals surface area contributed by atoms with Gasteiger partial charge in [0.2, 0.25) is 0 Å². The first-order chi connectivity index (χ1) is 7.85. The number of rotatable bonds is 2. The fraction of sp³-hybridized carbons (Fsp3) is 0.923. The molecule has 1 fully saturated rings. The first-order valence-corrected chi connectivity index (χ1v) is 6.52. The van der Waals surface area contributed by atoms with Crippen LogP contribution in [-0.2, 0) is 4.74 Å². The van der Waals surface area contributed by atoms with Crippen molar-refractivity contribution in [2.24, 2.45) is 0 Å². The molecule has 17 heavy (non-hydrogen) atoms. The monoisotopic (exact) mass is 242 g/mol. The van der Waals surface area contributed by atoms with Gasteiger partial charge in [-0.15, -0.1) is 0 Å². The van der Waals surface area contributed by atoms with Crippen molar-refractivity contribution in [2.45, 2.75) is 64.6 Å². The number of carbonyl (C=O) groups is 1. The Morgan fingerprint density at radius 2 is 2.06 bits per heavy atom. The van der Waals surface area contributed by atoms with Crippen molar-refractivity contribution in [3.05, 3.63) is 0 Å². The molecule has 0 aromatic carbocycles. The van der Waals surface area contributed by atoms with E-state index in [0.29, 0.717) is 6.04 Å². The fourth-order valence-corrected chi connectivity index (χ4v) is 2.22. The molecule has 0 aromatic heterocycles. The van der Waals surface area contributed by atoms with Crippen LogP contribution in [0.4, 0.5) is 4.79 Å². The fourth-order valence-electron chi connectivity index (χ4n) is 2.22. The zero-order valence-electron chi connectivity index (χ0n) is 11.7. The van der Waals surface area contributed by atoms with Crippen LogP contribution in [0.3, 0.4) is 0 Å². The van der Waals surface area contributed by atoms with Crippen molar-refractivity contribution in [2.75, 3.05) is 13.6 Å². The number of hydrogen-bond acceptors (Lipinski definition) is 3. The van der Waals surface area contributed by atoms with Crippen LogP contribution in [0.1, 0.15) is 47.0 Å². The van der Waals surface area contributed by atoms with Crippen LogP contribution in [0, 0.1) is 0 Å². The summed E-state index contributed by atoms with van der Waals surface area (Å²) in [5.41, 5.74) is -0.415. The van der Waals surface area contributed by atoms with Gasteiger partial charge in [-0.1, -0.05) is 0 Å². The second-order valence-electron chi connectivity index (χ2n) is 5.81. The third-order valence-electron chi connectivity index (χ3n) is 3.21. The smallest absolute Gasteiger partial charge is 0.410 e. The zero-order chi connectivity index (χ0) is 13.1. The predicted molar refractivity (Wildman–Crippen MR) is 69.1 cm³/mol. The molecule has 1 aliphatic rings. The number of likely N-dealkylation sites (N-methyl/N-ethyl adjacent to an activating group) is 1. The molecule has 1 amide bonds. The lowest BCUT2D eigenvalue weighted by Crippen LogP contribution is -2.53. The molecule has 1 saturated heterocycles. The van der Waals surface area contributed by atoms with Crippen LogP contribution in [0.25, 0.3) is 0 Å². The quantitative estimate of drug-likeness (QED) is 0.808. The molecule has 0 bridgehead atoms. The number of nitrogens with one attached hydrogen (secondary N) is 1. The van der Waals surface area contributed by atoms with Crippen molar-refractivity contribution < 1.29 is 9.53 Å². The van der Waals surface area contributed by atoms with Gasteiger partial charge in [-0.05, 0) is 54.0 Å². The minimum absolute atomic E-state index is 0.177. The van der Waals surface area contributed by atoms with Gasteiger partial charge < -0.3 is 15.0 Å². The van der Waals surface area contributed by atoms with Gasteiger partial charge in [-0.2, -0.15) is 0 Å². The Bertz CT molecular complexity index is 261. The third-order valence-corrected chi connectivity index (χ3v) is 3.21. The number of piperidine rings is 1. The van der Waals surface area contributed by atoms with Gasteiger partial charge in [-0.25, -0.2) is 4.79 Å². The number of nitrogens with zero attached hydrogens (tertiary/aromatic N) is 1. The third kappa shape index (κ3) is 4.19. The minimum atomic E-state index is -0.415. The molecule has 100 valence electrons. The van der Waals surface area contributed by atoms with Crippen LogP contribution in [0.5, 0.6) is 0 Å². The van der Waals surface area contributed by atoms with Crippen molar-refractivity contribution in [3.63, 3.8) is 0 Å². The molecule has 1 heterocycles. The molecule has 4 heteroatoms. The maximum Gasteiger partial charge on any atom is 0.410 e. The summed E-state index contributed by atoms with van der Waals surface area (Å²) < 4.78 is 5.46. The predicted octanol–water partition coefficient (Wildman–Crippen LogP) is 2.38. The highest BCUT2D eigenvalue weighted by atomic mass is 16.6. The summed E-state index contributed by atoms with van der Waals surface area (Å²) in [6.45, 7) is 8.65. The summed E-state index contributed by atoms with van der Waals surface area (Å²) in [5.74, 6) is 0. The Labute approximate surface area is 105 Å². The Hall–Kier alpha value is -0.770. The zero-order valence-corrected chi connectivity index (χ0v) is 11.7. The van der Waals surface area contributed by atoms with E-state index in [-0.39, 0.29) is 12.1 Å². The topological polar surface area (TPSA) is 41.6 Å². The number of amides is 1. The van der Waals surface area contributed by atoms with E-state index in [2.05, 4.69) is 12.2 Å². The number of likely N-dealkylation sites (tertiary alicyclic amines) is 1. The summed E-state index contributed by atoms with van der Waals surface area (Å²) in [6, 6.07) is 0.561. The van der Waals surface area contributed by atoms with Gasteiger partial charge in [0.1, 0.15) is 5.60 Å². The second kappa shape index (κ2) is 5.71. The van der Waals surface area contributed by atoms with Crippen molar-refractivity contribution in [1.29, 1.82) is 0 Å². The average Bonchev–Trinajstić information content (AvgIpc) is 2.25. The first-order valence-electron chi connectivity index (χ1n) is 6.52. The summed E-state index contributed by atoms with van der Waals surface area (Å²) in [5, 5.41) is 3.23. The van der Waals surface area contributed by atoms with Crippen LogP contribution < -0.4 is 5.32 Å². The maximum absolute atomic E-state index is 12.1. The Morgan fingerprint density at radius 3 is 2.59 bits per heavy atom. The Balaban J connectivity index is 2.67. The van der Waals surface area contributed by atoms with E-state index in [1.165, 1.54) is 6.42 Å². The highest BCUT2D eigenvalue weighted by molar-refractivity contribution is 5.68. The molecular weight excluding hydrogens is 216 g/mol. The standard InChI is InChI=1S/C13H26N2O2/c1-10(14-5)11-8-6-7-9-15(11)12(16)17-13(2,3)4/h10-11,14H,6-9H2,1-5H3. The summed E-state index contributed by atoms with van der Waals surface area (Å²) in [4.78, 5) is 14.0. The lowest BCUT2D eigenvalue weighted by atomic mass is 9.97. The SMILES string of the molecule is CNC(C)C1CCCCN1C(=O)OC(C)(C)C. The van der Waals surface area contributed by atoms with Crippen molar-refractivity contribution in [3.8, 4) is 0 Å². The van der Waals surface area contributed by atoms with E-state index in [0.717, 1.165) is 19.4 Å². The van der Waals surface area contributed by atoms with Crippen LogP contribution in [0.2, 0.25) is 0 Å². The van der Waals surface area contributed by atoms with Crippen molar-refractivity contribution >= 4 is 6.09 Å². The van der Waals surface area contributed by atoms with E-state index in [1.54, 1.807) is 0 Å². The van der Waals surface area contributed by atoms with E-state index in [4.69, 9.17) is 4.74 Å². The van der Waals surface area contributed by atoms with Gasteiger partial charge in [0.05, 0.1) is 6.04 Å². The molecule has 2 atom stereocenters. The molecule has 1 N–H and O–H groups in total. The van der Waals surface area contributed by atoms with E-state index in [9.17, 15) is 4.79 Å². The molecule has 0 aliphatic carbocycles. The molecule has 2 unspecified atom stereocenters. The second-order valence-corrected chi connectivity index (χ2v) is 5.81. The van der Waals surface area contributed by atoms with Crippen molar-refractivity contribution in [1.82, 2.24) is 10.2 Å². The normalized spacial score (nSPS) is 23.4. The maximum atomic E-state index is 12.1. The molecule has 0 aromatic rings. The van der Waals surface area contributed by atoms with Gasteiger partial charge in [0.25, 0.3) is 0 Å². The van der Waals surface area contributed by atoms with E-state index >= 15 is 0 Å². The average molecular weight is 242 g/mol. The highest BCUT2D eigenvalue weighted by Gasteiger charge is 2.32. The van der Waals surface area contributed by atoms with Crippen LogP contribution in [0.15, 0.2) is 0 Å². The van der Waals surface area contributed by atoms with Gasteiger partial charge in [-0.3, -0.25) is 0 Å². The molecular formula is C13H26N2O2. The summed E-state index contributed by atoms with van der Waals surface area (Å²) in [7, 11) is 1.94. The van der Waals surface area contributed by atoms with E-state index < -0.39 is 5.60 Å². The molecule has 4 nitrogen and oxygen atoms in total. The van der Waals surface area contributed by atoms with Crippen LogP contribution in [-0.4, -0.2) is 42.3 Å². The Kier molecular flexibility index (Phi) is 4.80. The minimum Gasteiger partial charge on any atom is -0.444 e. The summed E-state index contributed by atoms with van der Waals surface area (Å²) >= 11 is 0. The molecule has 0 radical (unpaired) electrons. The van der Waals surface area contributed by atoms with Gasteiger partial charge in [0, 0.05) is 12.6 Å². The lowest BCUT2D eigenvalue weighted by Gasteiger charge is -2.39. The van der Waals surface area contributed by atoms with Gasteiger partial charge in [0.15, 0.2) is 0 Å². The highest BCUT2D eigenvalue weighted by Crippen LogP contribution is 2.22. The largest absolute Gasteiger partial charge is 0.444 e. The molecule has 1 aliphatic heterocycles. The number of hydrogen-bond donors (Lipinski definition) is 1. The molecule has 0 spiro atoms. The molecule has 1 rings (SSSR count). The number of ether oxygens (including phenoxy) is 1. The first kappa shape index (κ1) is 14.3. The van der Waals surface area contributed by atoms with E-state index in [1.807, 2.05) is 32.7 Å².